The lowest BCUT2D eigenvalue weighted by Gasteiger charge is -2.14. The van der Waals surface area contributed by atoms with Crippen LogP contribution in [-0.2, 0) is 17.7 Å². The van der Waals surface area contributed by atoms with E-state index in [1.165, 1.54) is 0 Å². The second kappa shape index (κ2) is 5.40. The van der Waals surface area contributed by atoms with E-state index in [2.05, 4.69) is 29.5 Å². The molecule has 98 valence electrons. The zero-order chi connectivity index (χ0) is 13.1. The molecule has 0 aliphatic carbocycles. The third-order valence-corrected chi connectivity index (χ3v) is 3.11. The first-order valence-corrected chi connectivity index (χ1v) is 6.39. The van der Waals surface area contributed by atoms with Crippen molar-refractivity contribution in [3.05, 3.63) is 24.0 Å². The number of methoxy groups -OCH3 is 1. The summed E-state index contributed by atoms with van der Waals surface area (Å²) < 4.78 is 7.48. The number of nitrogens with zero attached hydrogens (tertiary/aromatic N) is 2. The Morgan fingerprint density at radius 3 is 2.89 bits per heavy atom. The Kier molecular flexibility index (Phi) is 3.87. The fourth-order valence-corrected chi connectivity index (χ4v) is 2.32. The van der Waals surface area contributed by atoms with Crippen molar-refractivity contribution in [2.24, 2.45) is 5.92 Å². The van der Waals surface area contributed by atoms with E-state index in [0.29, 0.717) is 5.92 Å². The van der Waals surface area contributed by atoms with Crippen LogP contribution in [0.5, 0.6) is 0 Å². The fourth-order valence-electron chi connectivity index (χ4n) is 2.32. The lowest BCUT2D eigenvalue weighted by atomic mass is 10.2. The van der Waals surface area contributed by atoms with Crippen molar-refractivity contribution in [3.63, 3.8) is 0 Å². The molecule has 0 bridgehead atoms. The van der Waals surface area contributed by atoms with Gasteiger partial charge in [-0.05, 0) is 24.1 Å². The standard InChI is InChI=1S/C14H21N3O/c1-4-14-16-12-7-11(15)5-6-13(12)17(14)8-10(2)9-18-3/h5-7,10H,4,8-9,15H2,1-3H3. The predicted octanol–water partition coefficient (Wildman–Crippen LogP) is 2.46. The number of ether oxygens (including phenoxy) is 1. The van der Waals surface area contributed by atoms with Gasteiger partial charge < -0.3 is 15.0 Å². The van der Waals surface area contributed by atoms with Gasteiger partial charge in [0.15, 0.2) is 0 Å². The molecule has 0 aliphatic heterocycles. The number of hydrogen-bond donors (Lipinski definition) is 1. The number of nitrogen functional groups attached to an aromatic ring is 1. The Labute approximate surface area is 108 Å². The summed E-state index contributed by atoms with van der Waals surface area (Å²) >= 11 is 0. The summed E-state index contributed by atoms with van der Waals surface area (Å²) in [5, 5.41) is 0. The smallest absolute Gasteiger partial charge is 0.109 e. The molecular weight excluding hydrogens is 226 g/mol. The van der Waals surface area contributed by atoms with Crippen molar-refractivity contribution >= 4 is 16.7 Å². The summed E-state index contributed by atoms with van der Waals surface area (Å²) in [7, 11) is 1.74. The fraction of sp³-hybridized carbons (Fsp3) is 0.500. The van der Waals surface area contributed by atoms with E-state index in [9.17, 15) is 0 Å². The molecule has 1 heterocycles. The molecule has 4 heteroatoms. The van der Waals surface area contributed by atoms with E-state index in [4.69, 9.17) is 10.5 Å². The minimum absolute atomic E-state index is 0.468. The number of hydrogen-bond acceptors (Lipinski definition) is 3. The van der Waals surface area contributed by atoms with Crippen LogP contribution >= 0.6 is 0 Å². The molecule has 1 aromatic heterocycles. The first-order chi connectivity index (χ1) is 8.65. The van der Waals surface area contributed by atoms with Crippen LogP contribution in [0.4, 0.5) is 5.69 Å². The van der Waals surface area contributed by atoms with Crippen LogP contribution in [0.25, 0.3) is 11.0 Å². The van der Waals surface area contributed by atoms with Crippen LogP contribution in [0.1, 0.15) is 19.7 Å². The average Bonchev–Trinajstić information content (AvgIpc) is 2.66. The second-order valence-corrected chi connectivity index (χ2v) is 4.80. The van der Waals surface area contributed by atoms with Gasteiger partial charge >= 0.3 is 0 Å². The third kappa shape index (κ3) is 2.48. The Morgan fingerprint density at radius 1 is 1.44 bits per heavy atom. The third-order valence-electron chi connectivity index (χ3n) is 3.11. The molecule has 2 rings (SSSR count). The summed E-state index contributed by atoms with van der Waals surface area (Å²) in [5.74, 6) is 1.58. The normalized spacial score (nSPS) is 13.1. The van der Waals surface area contributed by atoms with Crippen molar-refractivity contribution in [2.75, 3.05) is 19.5 Å². The van der Waals surface area contributed by atoms with Crippen LogP contribution in [0.15, 0.2) is 18.2 Å². The van der Waals surface area contributed by atoms with E-state index in [0.717, 1.165) is 42.1 Å². The van der Waals surface area contributed by atoms with Crippen LogP contribution in [0.2, 0.25) is 0 Å². The highest BCUT2D eigenvalue weighted by molar-refractivity contribution is 5.79. The van der Waals surface area contributed by atoms with Crippen molar-refractivity contribution in [2.45, 2.75) is 26.8 Å². The maximum absolute atomic E-state index is 5.80. The zero-order valence-corrected chi connectivity index (χ0v) is 11.3. The summed E-state index contributed by atoms with van der Waals surface area (Å²) in [4.78, 5) is 4.65. The number of aryl methyl sites for hydroxylation is 1. The molecule has 0 amide bonds. The van der Waals surface area contributed by atoms with Gasteiger partial charge in [0.1, 0.15) is 5.82 Å². The second-order valence-electron chi connectivity index (χ2n) is 4.80. The molecule has 1 atom stereocenters. The van der Waals surface area contributed by atoms with Gasteiger partial charge in [0, 0.05) is 25.8 Å². The molecule has 0 radical (unpaired) electrons. The van der Waals surface area contributed by atoms with Crippen molar-refractivity contribution < 1.29 is 4.74 Å². The maximum Gasteiger partial charge on any atom is 0.109 e. The SMILES string of the molecule is CCc1nc2cc(N)ccc2n1CC(C)COC. The maximum atomic E-state index is 5.80. The van der Waals surface area contributed by atoms with E-state index < -0.39 is 0 Å². The molecule has 0 saturated carbocycles. The molecular formula is C14H21N3O. The Morgan fingerprint density at radius 2 is 2.22 bits per heavy atom. The van der Waals surface area contributed by atoms with Gasteiger partial charge in [-0.25, -0.2) is 4.98 Å². The van der Waals surface area contributed by atoms with Gasteiger partial charge in [-0.2, -0.15) is 0 Å². The largest absolute Gasteiger partial charge is 0.399 e. The van der Waals surface area contributed by atoms with Crippen molar-refractivity contribution in [1.82, 2.24) is 9.55 Å². The van der Waals surface area contributed by atoms with Gasteiger partial charge in [0.25, 0.3) is 0 Å². The van der Waals surface area contributed by atoms with Gasteiger partial charge in [0.05, 0.1) is 17.6 Å². The number of rotatable bonds is 5. The number of aromatic nitrogens is 2. The topological polar surface area (TPSA) is 53.1 Å². The summed E-state index contributed by atoms with van der Waals surface area (Å²) in [6.07, 6.45) is 0.925. The quantitative estimate of drug-likeness (QED) is 0.826. The Balaban J connectivity index is 2.40. The van der Waals surface area contributed by atoms with Crippen molar-refractivity contribution in [1.29, 1.82) is 0 Å². The number of anilines is 1. The molecule has 1 aromatic carbocycles. The molecule has 2 N–H and O–H groups in total. The number of benzene rings is 1. The molecule has 18 heavy (non-hydrogen) atoms. The zero-order valence-electron chi connectivity index (χ0n) is 11.3. The molecule has 4 nitrogen and oxygen atoms in total. The average molecular weight is 247 g/mol. The first kappa shape index (κ1) is 12.9. The van der Waals surface area contributed by atoms with Crippen LogP contribution in [-0.4, -0.2) is 23.3 Å². The Bertz CT molecular complexity index is 533. The Hall–Kier alpha value is -1.55. The monoisotopic (exact) mass is 247 g/mol. The lowest BCUT2D eigenvalue weighted by molar-refractivity contribution is 0.151. The van der Waals surface area contributed by atoms with Crippen molar-refractivity contribution in [3.8, 4) is 0 Å². The minimum Gasteiger partial charge on any atom is -0.399 e. The van der Waals surface area contributed by atoms with Gasteiger partial charge in [-0.3, -0.25) is 0 Å². The van der Waals surface area contributed by atoms with E-state index >= 15 is 0 Å². The van der Waals surface area contributed by atoms with Gasteiger partial charge in [-0.1, -0.05) is 13.8 Å². The van der Waals surface area contributed by atoms with Crippen LogP contribution < -0.4 is 5.73 Å². The minimum atomic E-state index is 0.468. The highest BCUT2D eigenvalue weighted by atomic mass is 16.5. The van der Waals surface area contributed by atoms with E-state index in [1.54, 1.807) is 7.11 Å². The highest BCUT2D eigenvalue weighted by Crippen LogP contribution is 2.20. The van der Waals surface area contributed by atoms with Crippen LogP contribution in [0.3, 0.4) is 0 Å². The first-order valence-electron chi connectivity index (χ1n) is 6.39. The predicted molar refractivity (Wildman–Crippen MR) is 74.6 cm³/mol. The summed E-state index contributed by atoms with van der Waals surface area (Å²) in [5.41, 5.74) is 8.71. The molecule has 0 spiro atoms. The molecule has 1 unspecified atom stereocenters. The van der Waals surface area contributed by atoms with E-state index in [-0.39, 0.29) is 0 Å². The molecule has 2 aromatic rings. The van der Waals surface area contributed by atoms with E-state index in [1.807, 2.05) is 12.1 Å². The number of nitrogens with two attached hydrogens (primary N) is 1. The molecule has 0 fully saturated rings. The lowest BCUT2D eigenvalue weighted by Crippen LogP contribution is -2.14. The molecule has 0 aliphatic rings. The van der Waals surface area contributed by atoms with Gasteiger partial charge in [-0.15, -0.1) is 0 Å². The van der Waals surface area contributed by atoms with Gasteiger partial charge in [0.2, 0.25) is 0 Å². The molecule has 0 saturated heterocycles. The summed E-state index contributed by atoms with van der Waals surface area (Å²) in [6.45, 7) is 6.00. The summed E-state index contributed by atoms with van der Waals surface area (Å²) in [6, 6.07) is 5.92. The number of fused-ring (bicyclic) bond motifs is 1. The van der Waals surface area contributed by atoms with Crippen LogP contribution in [0, 0.1) is 5.92 Å². The number of imidazole rings is 1. The highest BCUT2D eigenvalue weighted by Gasteiger charge is 2.12.